The van der Waals surface area contributed by atoms with E-state index >= 15 is 0 Å². The van der Waals surface area contributed by atoms with E-state index in [1.54, 1.807) is 18.2 Å². The highest BCUT2D eigenvalue weighted by atomic mass is 16.1. The molecule has 1 unspecified atom stereocenters. The predicted octanol–water partition coefficient (Wildman–Crippen LogP) is 9.67. The summed E-state index contributed by atoms with van der Waals surface area (Å²) in [4.78, 5) is 27.3. The van der Waals surface area contributed by atoms with E-state index in [1.165, 1.54) is 6.08 Å². The maximum absolute atomic E-state index is 12.7. The van der Waals surface area contributed by atoms with Gasteiger partial charge in [-0.25, -0.2) is 0 Å². The molecule has 0 saturated heterocycles. The van der Waals surface area contributed by atoms with Gasteiger partial charge in [0.25, 0.3) is 0 Å². The second-order valence-electron chi connectivity index (χ2n) is 10.6. The van der Waals surface area contributed by atoms with Crippen LogP contribution in [0.2, 0.25) is 0 Å². The molecule has 0 fully saturated rings. The summed E-state index contributed by atoms with van der Waals surface area (Å²) in [6.45, 7) is 34.6. The Kier molecular flexibility index (Phi) is 12.8. The quantitative estimate of drug-likeness (QED) is 0.204. The van der Waals surface area contributed by atoms with Crippen molar-refractivity contribution in [2.45, 2.75) is 41.0 Å². The van der Waals surface area contributed by atoms with Crippen LogP contribution in [-0.4, -0.2) is 23.0 Å². The van der Waals surface area contributed by atoms with Gasteiger partial charge in [0.2, 0.25) is 0 Å². The largest absolute Gasteiger partial charge is 0.337 e. The van der Waals surface area contributed by atoms with Gasteiger partial charge in [-0.3, -0.25) is 9.59 Å². The summed E-state index contributed by atoms with van der Waals surface area (Å²) in [5.41, 5.74) is 9.01. The summed E-state index contributed by atoms with van der Waals surface area (Å²) in [6, 6.07) is 0. The van der Waals surface area contributed by atoms with Crippen molar-refractivity contribution in [3.63, 3.8) is 0 Å². The number of Topliss-reactive ketones (excluding diaryl/α,β-unsaturated/α-hetero) is 2. The lowest BCUT2D eigenvalue weighted by atomic mass is 9.93. The number of hydrogen-bond acceptors (Lipinski definition) is 3. The monoisotopic (exact) mass is 571 g/mol. The second-order valence-corrected chi connectivity index (χ2v) is 10.6. The molecule has 2 aliphatic heterocycles. The molecule has 0 aromatic carbocycles. The first kappa shape index (κ1) is 34.4. The van der Waals surface area contributed by atoms with Gasteiger partial charge in [-0.15, -0.1) is 0 Å². The van der Waals surface area contributed by atoms with Crippen LogP contribution in [0.4, 0.5) is 0 Å². The number of carbonyl (C=O) groups is 2. The molecule has 2 aliphatic rings. The smallest absolute Gasteiger partial charge is 0.191 e. The fourth-order valence-corrected chi connectivity index (χ4v) is 4.77. The average Bonchev–Trinajstić information content (AvgIpc) is 3.33. The van der Waals surface area contributed by atoms with Crippen LogP contribution in [0.5, 0.6) is 0 Å². The Balaban J connectivity index is 2.70. The Bertz CT molecular complexity index is 1530. The van der Waals surface area contributed by atoms with Crippen molar-refractivity contribution < 1.29 is 9.59 Å². The summed E-state index contributed by atoms with van der Waals surface area (Å²) in [5, 5.41) is 0. The summed E-state index contributed by atoms with van der Waals surface area (Å²) in [7, 11) is 0. The number of ketones is 2. The molecule has 2 rings (SSSR count). The summed E-state index contributed by atoms with van der Waals surface area (Å²) in [5.74, 6) is -0.332. The van der Waals surface area contributed by atoms with E-state index in [9.17, 15) is 9.59 Å². The van der Waals surface area contributed by atoms with E-state index in [4.69, 9.17) is 0 Å². The standard InChI is InChI=1S/C40H45NO2/c1-12-17-37(35(14-3)20-15-18-29(6)39(42)28(5)13-2)34(11)38-33(10)36-21-16-19-30(7)40(43)31(8)24-22-27(4)23-25-32(9)41(38)26-36/h12-13,15-25,27H,2,5-9,14,26H2,1,3-4,10-11H3/b17-12-,18-15-,19-16-,24-22-,25-23-,35-20+,36-21+,37-34+. The molecule has 222 valence electrons. The van der Waals surface area contributed by atoms with Crippen molar-refractivity contribution in [2.24, 2.45) is 5.92 Å². The Morgan fingerprint density at radius 3 is 2.33 bits per heavy atom. The number of carbonyl (C=O) groups excluding carboxylic acids is 2. The van der Waals surface area contributed by atoms with Gasteiger partial charge >= 0.3 is 0 Å². The third-order valence-corrected chi connectivity index (χ3v) is 7.40. The van der Waals surface area contributed by atoms with Crippen LogP contribution < -0.4 is 0 Å². The van der Waals surface area contributed by atoms with E-state index in [0.29, 0.717) is 28.8 Å². The van der Waals surface area contributed by atoms with Crippen LogP contribution in [0.15, 0.2) is 180 Å². The van der Waals surface area contributed by atoms with E-state index in [-0.39, 0.29) is 17.5 Å². The van der Waals surface area contributed by atoms with Crippen molar-refractivity contribution in [2.75, 3.05) is 6.54 Å². The van der Waals surface area contributed by atoms with Crippen molar-refractivity contribution >= 4 is 11.6 Å². The van der Waals surface area contributed by atoms with Gasteiger partial charge in [-0.2, -0.15) is 0 Å². The Morgan fingerprint density at radius 1 is 1.05 bits per heavy atom. The first-order valence-electron chi connectivity index (χ1n) is 14.5. The maximum Gasteiger partial charge on any atom is 0.191 e. The molecule has 0 aliphatic carbocycles. The van der Waals surface area contributed by atoms with Crippen LogP contribution in [0, 0.1) is 5.92 Å². The molecule has 43 heavy (non-hydrogen) atoms. The summed E-state index contributed by atoms with van der Waals surface area (Å²) < 4.78 is 0. The van der Waals surface area contributed by atoms with Crippen LogP contribution >= 0.6 is 0 Å². The maximum atomic E-state index is 12.7. The molecule has 0 spiro atoms. The van der Waals surface area contributed by atoms with Gasteiger partial charge in [0, 0.05) is 40.2 Å². The number of fused-ring (bicyclic) bond motifs is 2. The fourth-order valence-electron chi connectivity index (χ4n) is 4.77. The second kappa shape index (κ2) is 16.0. The van der Waals surface area contributed by atoms with Crippen molar-refractivity contribution in [3.05, 3.63) is 180 Å². The highest BCUT2D eigenvalue weighted by Crippen LogP contribution is 2.38. The third-order valence-electron chi connectivity index (χ3n) is 7.40. The van der Waals surface area contributed by atoms with Crippen molar-refractivity contribution in [1.29, 1.82) is 0 Å². The van der Waals surface area contributed by atoms with Crippen molar-refractivity contribution in [1.82, 2.24) is 4.90 Å². The third kappa shape index (κ3) is 8.86. The first-order chi connectivity index (χ1) is 20.4. The van der Waals surface area contributed by atoms with Gasteiger partial charge in [0.05, 0.1) is 0 Å². The molecule has 0 aromatic rings. The Labute approximate surface area is 259 Å². The van der Waals surface area contributed by atoms with Gasteiger partial charge in [-0.05, 0) is 67.1 Å². The lowest BCUT2D eigenvalue weighted by Crippen LogP contribution is -2.19. The Morgan fingerprint density at radius 2 is 1.70 bits per heavy atom. The van der Waals surface area contributed by atoms with E-state index in [1.807, 2.05) is 49.5 Å². The average molecular weight is 572 g/mol. The number of rotatable bonds is 9. The summed E-state index contributed by atoms with van der Waals surface area (Å²) in [6.07, 6.45) is 25.4. The number of allylic oxidation sites excluding steroid dienone is 20. The van der Waals surface area contributed by atoms with Gasteiger partial charge in [0.15, 0.2) is 11.6 Å². The minimum atomic E-state index is -0.228. The molecule has 2 heterocycles. The van der Waals surface area contributed by atoms with Gasteiger partial charge in [0.1, 0.15) is 0 Å². The molecule has 2 bridgehead atoms. The minimum Gasteiger partial charge on any atom is -0.337 e. The normalized spacial score (nSPS) is 22.6. The van der Waals surface area contributed by atoms with Crippen LogP contribution in [0.1, 0.15) is 41.0 Å². The fraction of sp³-hybridized carbons (Fsp3) is 0.200. The Hall–Kier alpha value is -4.76. The molecule has 1 atom stereocenters. The molecule has 0 radical (unpaired) electrons. The zero-order valence-corrected chi connectivity index (χ0v) is 26.5. The van der Waals surface area contributed by atoms with E-state index in [0.717, 1.165) is 45.7 Å². The van der Waals surface area contributed by atoms with Gasteiger partial charge in [-0.1, -0.05) is 126 Å². The summed E-state index contributed by atoms with van der Waals surface area (Å²) >= 11 is 0. The van der Waals surface area contributed by atoms with E-state index < -0.39 is 0 Å². The zero-order valence-electron chi connectivity index (χ0n) is 26.5. The topological polar surface area (TPSA) is 37.4 Å². The highest BCUT2D eigenvalue weighted by molar-refractivity contribution is 6.11. The number of hydrogen-bond donors (Lipinski definition) is 0. The molecular formula is C40H45NO2. The van der Waals surface area contributed by atoms with Crippen LogP contribution in [0.3, 0.4) is 0 Å². The van der Waals surface area contributed by atoms with Crippen LogP contribution in [-0.2, 0) is 9.59 Å². The van der Waals surface area contributed by atoms with Crippen LogP contribution in [0.25, 0.3) is 0 Å². The highest BCUT2D eigenvalue weighted by Gasteiger charge is 2.27. The predicted molar refractivity (Wildman–Crippen MR) is 185 cm³/mol. The number of nitrogens with zero attached hydrogens (tertiary/aromatic N) is 1. The molecule has 0 N–H and O–H groups in total. The molecular weight excluding hydrogens is 526 g/mol. The SMILES string of the molecule is C=CC(=C)C(=O)C(=C)\C=C/C=C(CC)/C(/C=C\C)=C(\C)C1=C(C)/C2=C/C=C\C(=C)C(=O)C(=C)/C=C\C(C)/C=C\C(=C)N1C2. The molecule has 3 heteroatoms. The lowest BCUT2D eigenvalue weighted by molar-refractivity contribution is -0.112. The minimum absolute atomic E-state index is 0.0725. The van der Waals surface area contributed by atoms with Gasteiger partial charge < -0.3 is 4.90 Å². The lowest BCUT2D eigenvalue weighted by Gasteiger charge is -2.25. The van der Waals surface area contributed by atoms with E-state index in [2.05, 4.69) is 84.2 Å². The molecule has 3 nitrogen and oxygen atoms in total. The molecule has 0 saturated carbocycles. The first-order valence-corrected chi connectivity index (χ1v) is 14.5. The molecule has 0 aromatic heterocycles. The zero-order chi connectivity index (χ0) is 32.3. The van der Waals surface area contributed by atoms with Crippen molar-refractivity contribution in [3.8, 4) is 0 Å². The molecule has 0 amide bonds.